The predicted octanol–water partition coefficient (Wildman–Crippen LogP) is 2.37. The molecule has 0 spiro atoms. The Morgan fingerprint density at radius 2 is 1.94 bits per heavy atom. The van der Waals surface area contributed by atoms with E-state index in [2.05, 4.69) is 19.2 Å². The van der Waals surface area contributed by atoms with Gasteiger partial charge >= 0.3 is 5.97 Å². The van der Waals surface area contributed by atoms with Crippen LogP contribution in [-0.2, 0) is 14.3 Å². The topological polar surface area (TPSA) is 47.6 Å². The molecule has 18 heavy (non-hydrogen) atoms. The van der Waals surface area contributed by atoms with Crippen LogP contribution in [0.5, 0.6) is 0 Å². The Balaban J connectivity index is 3.86. The molecule has 1 N–H and O–H groups in total. The van der Waals surface area contributed by atoms with E-state index < -0.39 is 0 Å². The van der Waals surface area contributed by atoms with E-state index in [9.17, 15) is 4.79 Å². The summed E-state index contributed by atoms with van der Waals surface area (Å²) in [4.78, 5) is 11.5. The predicted molar refractivity (Wildman–Crippen MR) is 73.6 cm³/mol. The monoisotopic (exact) mass is 259 g/mol. The Labute approximate surface area is 111 Å². The molecule has 0 aliphatic heterocycles. The molecule has 0 aliphatic rings. The van der Waals surface area contributed by atoms with Crippen LogP contribution in [-0.4, -0.2) is 38.9 Å². The Bertz CT molecular complexity index is 209. The highest BCUT2D eigenvalue weighted by Gasteiger charge is 2.18. The van der Waals surface area contributed by atoms with Crippen molar-refractivity contribution in [3.63, 3.8) is 0 Å². The second kappa shape index (κ2) is 11.5. The van der Waals surface area contributed by atoms with Gasteiger partial charge in [-0.15, -0.1) is 0 Å². The van der Waals surface area contributed by atoms with Gasteiger partial charge < -0.3 is 14.8 Å². The van der Waals surface area contributed by atoms with Gasteiger partial charge in [0, 0.05) is 6.61 Å². The second-order valence-electron chi connectivity index (χ2n) is 4.55. The van der Waals surface area contributed by atoms with E-state index in [4.69, 9.17) is 9.47 Å². The Hall–Kier alpha value is -0.610. The van der Waals surface area contributed by atoms with E-state index in [-0.39, 0.29) is 12.0 Å². The van der Waals surface area contributed by atoms with E-state index in [1.807, 2.05) is 6.92 Å². The lowest BCUT2D eigenvalue weighted by atomic mass is 10.0. The Morgan fingerprint density at radius 3 is 2.44 bits per heavy atom. The van der Waals surface area contributed by atoms with Crippen LogP contribution in [0.25, 0.3) is 0 Å². The van der Waals surface area contributed by atoms with Gasteiger partial charge in [-0.2, -0.15) is 0 Å². The summed E-state index contributed by atoms with van der Waals surface area (Å²) in [5.74, 6) is 0.367. The average Bonchev–Trinajstić information content (AvgIpc) is 2.38. The fourth-order valence-electron chi connectivity index (χ4n) is 1.76. The van der Waals surface area contributed by atoms with Gasteiger partial charge in [-0.25, -0.2) is 0 Å². The van der Waals surface area contributed by atoms with Crippen molar-refractivity contribution in [1.29, 1.82) is 0 Å². The third-order valence-electron chi connectivity index (χ3n) is 3.10. The van der Waals surface area contributed by atoms with Gasteiger partial charge in [0.1, 0.15) is 6.04 Å². The summed E-state index contributed by atoms with van der Waals surface area (Å²) >= 11 is 0. The van der Waals surface area contributed by atoms with Crippen molar-refractivity contribution in [2.24, 2.45) is 5.92 Å². The van der Waals surface area contributed by atoms with Crippen molar-refractivity contribution in [2.75, 3.05) is 26.9 Å². The lowest BCUT2D eigenvalue weighted by Gasteiger charge is -2.18. The zero-order chi connectivity index (χ0) is 13.8. The maximum atomic E-state index is 11.5. The standard InChI is InChI=1S/C14H29NO3/c1-5-8-9-12(6-2)10-17-11-13(15-4)14(16)18-7-3/h12-13,15H,5-11H2,1-4H3. The van der Waals surface area contributed by atoms with Gasteiger partial charge in [-0.3, -0.25) is 4.79 Å². The molecule has 2 atom stereocenters. The van der Waals surface area contributed by atoms with E-state index in [0.717, 1.165) is 13.0 Å². The lowest BCUT2D eigenvalue weighted by molar-refractivity contribution is -0.147. The number of carbonyl (C=O) groups excluding carboxylic acids is 1. The largest absolute Gasteiger partial charge is 0.465 e. The number of esters is 1. The first-order chi connectivity index (χ1) is 8.69. The summed E-state index contributed by atoms with van der Waals surface area (Å²) in [5, 5.41) is 2.92. The molecular formula is C14H29NO3. The SMILES string of the molecule is CCCCC(CC)COCC(NC)C(=O)OCC. The third kappa shape index (κ3) is 7.67. The van der Waals surface area contributed by atoms with Crippen LogP contribution < -0.4 is 5.32 Å². The molecule has 0 aromatic rings. The summed E-state index contributed by atoms with van der Waals surface area (Å²) < 4.78 is 10.6. The fraction of sp³-hybridized carbons (Fsp3) is 0.929. The van der Waals surface area contributed by atoms with Gasteiger partial charge in [0.15, 0.2) is 0 Å². The Kier molecular flexibility index (Phi) is 11.1. The maximum absolute atomic E-state index is 11.5. The first kappa shape index (κ1) is 17.4. The molecule has 0 radical (unpaired) electrons. The number of unbranched alkanes of at least 4 members (excludes halogenated alkanes) is 1. The molecular weight excluding hydrogens is 230 g/mol. The van der Waals surface area contributed by atoms with E-state index >= 15 is 0 Å². The van der Waals surface area contributed by atoms with E-state index in [1.54, 1.807) is 7.05 Å². The number of hydrogen-bond acceptors (Lipinski definition) is 4. The molecule has 0 heterocycles. The minimum absolute atomic E-state index is 0.235. The van der Waals surface area contributed by atoms with Crippen LogP contribution in [0.3, 0.4) is 0 Å². The molecule has 0 rings (SSSR count). The molecule has 108 valence electrons. The smallest absolute Gasteiger partial charge is 0.325 e. The number of nitrogens with one attached hydrogen (secondary N) is 1. The highest BCUT2D eigenvalue weighted by molar-refractivity contribution is 5.75. The molecule has 4 heteroatoms. The maximum Gasteiger partial charge on any atom is 0.325 e. The number of ether oxygens (including phenoxy) is 2. The van der Waals surface area contributed by atoms with Gasteiger partial charge in [0.25, 0.3) is 0 Å². The van der Waals surface area contributed by atoms with Crippen molar-refractivity contribution in [3.8, 4) is 0 Å². The molecule has 0 saturated carbocycles. The van der Waals surface area contributed by atoms with Crippen molar-refractivity contribution in [2.45, 2.75) is 52.5 Å². The fourth-order valence-corrected chi connectivity index (χ4v) is 1.76. The number of rotatable bonds is 11. The highest BCUT2D eigenvalue weighted by Crippen LogP contribution is 2.12. The van der Waals surface area contributed by atoms with Crippen LogP contribution in [0.15, 0.2) is 0 Å². The average molecular weight is 259 g/mol. The van der Waals surface area contributed by atoms with Gasteiger partial charge in [0.2, 0.25) is 0 Å². The van der Waals surface area contributed by atoms with Crippen LogP contribution >= 0.6 is 0 Å². The molecule has 0 amide bonds. The summed E-state index contributed by atoms with van der Waals surface area (Å²) in [6, 6.07) is -0.353. The van der Waals surface area contributed by atoms with Gasteiger partial charge in [-0.1, -0.05) is 33.1 Å². The first-order valence-corrected chi connectivity index (χ1v) is 7.11. The minimum atomic E-state index is -0.353. The molecule has 0 saturated heterocycles. The summed E-state index contributed by atoms with van der Waals surface area (Å²) in [6.07, 6.45) is 4.80. The molecule has 0 aromatic heterocycles. The molecule has 2 unspecified atom stereocenters. The second-order valence-corrected chi connectivity index (χ2v) is 4.55. The summed E-state index contributed by atoms with van der Waals surface area (Å²) in [7, 11) is 1.75. The van der Waals surface area contributed by atoms with Crippen molar-refractivity contribution in [3.05, 3.63) is 0 Å². The number of carbonyl (C=O) groups is 1. The number of likely N-dealkylation sites (N-methyl/N-ethyl adjacent to an activating group) is 1. The molecule has 0 bridgehead atoms. The molecule has 4 nitrogen and oxygen atoms in total. The van der Waals surface area contributed by atoms with Crippen molar-refractivity contribution in [1.82, 2.24) is 5.32 Å². The van der Waals surface area contributed by atoms with E-state index in [0.29, 0.717) is 19.1 Å². The van der Waals surface area contributed by atoms with Crippen molar-refractivity contribution >= 4 is 5.97 Å². The summed E-state index contributed by atoms with van der Waals surface area (Å²) in [5.41, 5.74) is 0. The molecule has 0 aromatic carbocycles. The third-order valence-corrected chi connectivity index (χ3v) is 3.10. The first-order valence-electron chi connectivity index (χ1n) is 7.11. The summed E-state index contributed by atoms with van der Waals surface area (Å²) in [6.45, 7) is 7.72. The van der Waals surface area contributed by atoms with Gasteiger partial charge in [-0.05, 0) is 26.3 Å². The lowest BCUT2D eigenvalue weighted by Crippen LogP contribution is -2.40. The van der Waals surface area contributed by atoms with Crippen molar-refractivity contribution < 1.29 is 14.3 Å². The minimum Gasteiger partial charge on any atom is -0.465 e. The number of hydrogen-bond donors (Lipinski definition) is 1. The van der Waals surface area contributed by atoms with Crippen LogP contribution in [0.1, 0.15) is 46.5 Å². The normalized spacial score (nSPS) is 14.2. The van der Waals surface area contributed by atoms with Gasteiger partial charge in [0.05, 0.1) is 13.2 Å². The zero-order valence-corrected chi connectivity index (χ0v) is 12.3. The quantitative estimate of drug-likeness (QED) is 0.579. The highest BCUT2D eigenvalue weighted by atomic mass is 16.5. The van der Waals surface area contributed by atoms with Crippen LogP contribution in [0.2, 0.25) is 0 Å². The Morgan fingerprint density at radius 1 is 1.22 bits per heavy atom. The molecule has 0 fully saturated rings. The molecule has 0 aliphatic carbocycles. The van der Waals surface area contributed by atoms with E-state index in [1.165, 1.54) is 19.3 Å². The van der Waals surface area contributed by atoms with Crippen LogP contribution in [0.4, 0.5) is 0 Å². The van der Waals surface area contributed by atoms with Crippen LogP contribution in [0, 0.1) is 5.92 Å². The zero-order valence-electron chi connectivity index (χ0n) is 12.3.